The summed E-state index contributed by atoms with van der Waals surface area (Å²) in [6, 6.07) is 0.124. The minimum absolute atomic E-state index is 0.0448. The van der Waals surface area contributed by atoms with Gasteiger partial charge in [0.15, 0.2) is 0 Å². The third kappa shape index (κ3) is 3.15. The minimum atomic E-state index is -0.0723. The summed E-state index contributed by atoms with van der Waals surface area (Å²) in [6.07, 6.45) is 5.33. The van der Waals surface area contributed by atoms with Crippen LogP contribution < -0.4 is 5.32 Å². The van der Waals surface area contributed by atoms with Crippen LogP contribution in [0.15, 0.2) is 12.5 Å². The molecule has 2 aromatic rings. The molecule has 1 amide bonds. The smallest absolute Gasteiger partial charge is 0.242 e. The van der Waals surface area contributed by atoms with Crippen molar-refractivity contribution in [2.24, 2.45) is 0 Å². The molecule has 1 N–H and O–H groups in total. The molecule has 1 atom stereocenters. The fourth-order valence-electron chi connectivity index (χ4n) is 2.60. The molecule has 0 saturated heterocycles. The normalized spacial score (nSPS) is 18.0. The topological polar surface area (TPSA) is 90.5 Å². The Morgan fingerprint density at radius 2 is 2.27 bits per heavy atom. The average molecular weight is 303 g/mol. The van der Waals surface area contributed by atoms with E-state index in [-0.39, 0.29) is 23.9 Å². The van der Waals surface area contributed by atoms with Crippen molar-refractivity contribution in [2.75, 3.05) is 0 Å². The van der Waals surface area contributed by atoms with Crippen LogP contribution in [0.2, 0.25) is 0 Å². The Labute approximate surface area is 128 Å². The number of nitrogens with zero attached hydrogens (tertiary/aromatic N) is 6. The number of rotatable bonds is 3. The number of carbonyl (C=O) groups excluding carboxylic acids is 1. The second-order valence-corrected chi connectivity index (χ2v) is 6.76. The molecule has 0 saturated carbocycles. The van der Waals surface area contributed by atoms with Gasteiger partial charge in [0.2, 0.25) is 5.91 Å². The summed E-state index contributed by atoms with van der Waals surface area (Å²) >= 11 is 0. The standard InChI is InChI=1S/C14H21N7O/c1-14(2,3)11-7-20-6-10(4-5-12(20)17-11)16-13(22)8-21-9-15-18-19-21/h7,9-10H,4-6,8H2,1-3H3,(H,16,22)/t10-/m1/s1. The Morgan fingerprint density at radius 1 is 1.45 bits per heavy atom. The fraction of sp³-hybridized carbons (Fsp3) is 0.643. The molecule has 0 unspecified atom stereocenters. The first kappa shape index (κ1) is 14.7. The molecule has 2 aromatic heterocycles. The van der Waals surface area contributed by atoms with Crippen LogP contribution in [0.25, 0.3) is 0 Å². The van der Waals surface area contributed by atoms with E-state index in [0.29, 0.717) is 0 Å². The van der Waals surface area contributed by atoms with E-state index in [9.17, 15) is 4.79 Å². The van der Waals surface area contributed by atoms with Crippen molar-refractivity contribution in [3.05, 3.63) is 24.0 Å². The van der Waals surface area contributed by atoms with Crippen LogP contribution in [-0.2, 0) is 29.7 Å². The summed E-state index contributed by atoms with van der Waals surface area (Å²) < 4.78 is 3.57. The zero-order chi connectivity index (χ0) is 15.7. The van der Waals surface area contributed by atoms with Crippen molar-refractivity contribution in [3.8, 4) is 0 Å². The number of hydrogen-bond acceptors (Lipinski definition) is 5. The summed E-state index contributed by atoms with van der Waals surface area (Å²) in [4.78, 5) is 16.7. The first-order valence-electron chi connectivity index (χ1n) is 7.48. The molecule has 3 rings (SSSR count). The van der Waals surface area contributed by atoms with Crippen LogP contribution in [0.3, 0.4) is 0 Å². The maximum Gasteiger partial charge on any atom is 0.242 e. The van der Waals surface area contributed by atoms with E-state index in [1.165, 1.54) is 11.0 Å². The molecule has 0 radical (unpaired) electrons. The van der Waals surface area contributed by atoms with Gasteiger partial charge in [-0.2, -0.15) is 0 Å². The highest BCUT2D eigenvalue weighted by atomic mass is 16.2. The molecule has 0 aliphatic carbocycles. The Morgan fingerprint density at radius 3 is 2.95 bits per heavy atom. The molecule has 0 bridgehead atoms. The number of tetrazole rings is 1. The number of nitrogens with one attached hydrogen (secondary N) is 1. The van der Waals surface area contributed by atoms with Crippen LogP contribution >= 0.6 is 0 Å². The maximum absolute atomic E-state index is 12.0. The van der Waals surface area contributed by atoms with E-state index in [1.54, 1.807) is 0 Å². The highest BCUT2D eigenvalue weighted by Gasteiger charge is 2.25. The molecule has 0 fully saturated rings. The van der Waals surface area contributed by atoms with E-state index in [1.807, 2.05) is 0 Å². The second kappa shape index (κ2) is 5.51. The highest BCUT2D eigenvalue weighted by molar-refractivity contribution is 5.75. The number of aryl methyl sites for hydroxylation is 1. The Balaban J connectivity index is 1.62. The van der Waals surface area contributed by atoms with Gasteiger partial charge in [0, 0.05) is 30.6 Å². The second-order valence-electron chi connectivity index (χ2n) is 6.76. The Hall–Kier alpha value is -2.25. The van der Waals surface area contributed by atoms with E-state index in [0.717, 1.165) is 30.9 Å². The number of carbonyl (C=O) groups is 1. The van der Waals surface area contributed by atoms with E-state index in [2.05, 4.69) is 52.4 Å². The minimum Gasteiger partial charge on any atom is -0.350 e. The summed E-state index contributed by atoms with van der Waals surface area (Å²) in [5, 5.41) is 13.8. The number of fused-ring (bicyclic) bond motifs is 1. The fourth-order valence-corrected chi connectivity index (χ4v) is 2.60. The molecule has 1 aliphatic heterocycles. The molecule has 3 heterocycles. The van der Waals surface area contributed by atoms with Gasteiger partial charge in [-0.25, -0.2) is 9.67 Å². The van der Waals surface area contributed by atoms with Gasteiger partial charge in [-0.3, -0.25) is 4.79 Å². The van der Waals surface area contributed by atoms with E-state index < -0.39 is 0 Å². The number of aromatic nitrogens is 6. The lowest BCUT2D eigenvalue weighted by molar-refractivity contribution is -0.122. The summed E-state index contributed by atoms with van der Waals surface area (Å²) in [5.41, 5.74) is 1.14. The number of hydrogen-bond donors (Lipinski definition) is 1. The summed E-state index contributed by atoms with van der Waals surface area (Å²) in [6.45, 7) is 7.39. The number of imidazole rings is 1. The van der Waals surface area contributed by atoms with Crippen LogP contribution in [0.1, 0.15) is 38.7 Å². The molecule has 118 valence electrons. The van der Waals surface area contributed by atoms with Crippen LogP contribution in [0.4, 0.5) is 0 Å². The predicted octanol–water partition coefficient (Wildman–Crippen LogP) is 0.298. The average Bonchev–Trinajstić information content (AvgIpc) is 3.06. The van der Waals surface area contributed by atoms with Gasteiger partial charge in [-0.15, -0.1) is 5.10 Å². The van der Waals surface area contributed by atoms with Gasteiger partial charge in [-0.05, 0) is 16.8 Å². The molecular formula is C14H21N7O. The quantitative estimate of drug-likeness (QED) is 0.880. The van der Waals surface area contributed by atoms with E-state index >= 15 is 0 Å². The molecule has 0 aromatic carbocycles. The van der Waals surface area contributed by atoms with Crippen LogP contribution in [0, 0.1) is 0 Å². The summed E-state index contributed by atoms with van der Waals surface area (Å²) in [5.74, 6) is 1.04. The predicted molar refractivity (Wildman–Crippen MR) is 79.0 cm³/mol. The van der Waals surface area contributed by atoms with Gasteiger partial charge >= 0.3 is 0 Å². The lowest BCUT2D eigenvalue weighted by Gasteiger charge is -2.24. The van der Waals surface area contributed by atoms with Gasteiger partial charge in [-0.1, -0.05) is 20.8 Å². The number of amides is 1. The van der Waals surface area contributed by atoms with Crippen molar-refractivity contribution in [1.29, 1.82) is 0 Å². The molecule has 1 aliphatic rings. The van der Waals surface area contributed by atoms with Gasteiger partial charge in [0.05, 0.1) is 5.69 Å². The SMILES string of the molecule is CC(C)(C)c1cn2c(n1)CC[C@@H](NC(=O)Cn1cnnn1)C2. The molecule has 22 heavy (non-hydrogen) atoms. The van der Waals surface area contributed by atoms with Gasteiger partial charge in [0.25, 0.3) is 0 Å². The third-order valence-electron chi connectivity index (χ3n) is 3.82. The van der Waals surface area contributed by atoms with Crippen molar-refractivity contribution in [1.82, 2.24) is 35.1 Å². The third-order valence-corrected chi connectivity index (χ3v) is 3.82. The molecule has 0 spiro atoms. The van der Waals surface area contributed by atoms with Crippen molar-refractivity contribution in [2.45, 2.75) is 58.2 Å². The lowest BCUT2D eigenvalue weighted by atomic mass is 9.93. The van der Waals surface area contributed by atoms with Crippen molar-refractivity contribution >= 4 is 5.91 Å². The van der Waals surface area contributed by atoms with Crippen LogP contribution in [0.5, 0.6) is 0 Å². The Bertz CT molecular complexity index is 653. The largest absolute Gasteiger partial charge is 0.350 e. The zero-order valence-corrected chi connectivity index (χ0v) is 13.2. The maximum atomic E-state index is 12.0. The van der Waals surface area contributed by atoms with Gasteiger partial charge in [0.1, 0.15) is 18.7 Å². The lowest BCUT2D eigenvalue weighted by Crippen LogP contribution is -2.42. The highest BCUT2D eigenvalue weighted by Crippen LogP contribution is 2.24. The van der Waals surface area contributed by atoms with Crippen molar-refractivity contribution in [3.63, 3.8) is 0 Å². The molecule has 8 nitrogen and oxygen atoms in total. The summed E-state index contributed by atoms with van der Waals surface area (Å²) in [7, 11) is 0. The molecule has 8 heteroatoms. The Kier molecular flexibility index (Phi) is 3.67. The first-order valence-corrected chi connectivity index (χ1v) is 7.48. The zero-order valence-electron chi connectivity index (χ0n) is 13.2. The van der Waals surface area contributed by atoms with E-state index in [4.69, 9.17) is 4.98 Å². The van der Waals surface area contributed by atoms with Crippen molar-refractivity contribution < 1.29 is 4.79 Å². The first-order chi connectivity index (χ1) is 10.4. The van der Waals surface area contributed by atoms with Gasteiger partial charge < -0.3 is 9.88 Å². The molecular weight excluding hydrogens is 282 g/mol. The van der Waals surface area contributed by atoms with Crippen LogP contribution in [-0.4, -0.2) is 41.7 Å². The monoisotopic (exact) mass is 303 g/mol.